The summed E-state index contributed by atoms with van der Waals surface area (Å²) in [5, 5.41) is -1.20. The van der Waals surface area contributed by atoms with Gasteiger partial charge in [-0.25, -0.2) is 41.3 Å². The molecule has 2 atom stereocenters. The van der Waals surface area contributed by atoms with Gasteiger partial charge < -0.3 is 33.6 Å². The molecule has 7 rings (SSSR count). The Labute approximate surface area is 359 Å². The fraction of sp³-hybridized carbons (Fsp3) is 0.395. The van der Waals surface area contributed by atoms with E-state index in [1.807, 2.05) is 0 Å². The molecule has 1 saturated heterocycles. The van der Waals surface area contributed by atoms with Gasteiger partial charge in [0.2, 0.25) is 20.9 Å². The number of carbonyl (C=O) groups is 1. The molecule has 4 heterocycles. The second-order valence-corrected chi connectivity index (χ2v) is 18.2. The van der Waals surface area contributed by atoms with Gasteiger partial charge in [0.05, 0.1) is 31.4 Å². The Morgan fingerprint density at radius 3 is 1.95 bits per heavy atom. The molecule has 13 nitrogen and oxygen atoms in total. The third-order valence-electron chi connectivity index (χ3n) is 10.7. The van der Waals surface area contributed by atoms with Crippen molar-refractivity contribution in [1.82, 2.24) is 19.9 Å². The van der Waals surface area contributed by atoms with E-state index < -0.39 is 102 Å². The van der Waals surface area contributed by atoms with E-state index in [0.717, 1.165) is 13.2 Å². The maximum absolute atomic E-state index is 17.6. The molecule has 20 heteroatoms. The van der Waals surface area contributed by atoms with Gasteiger partial charge in [-0.15, -0.1) is 0 Å². The number of hydrogen-bond donors (Lipinski definition) is 0. The van der Waals surface area contributed by atoms with Crippen LogP contribution in [0.1, 0.15) is 49.9 Å². The number of benzene rings is 3. The molecule has 3 aromatic carbocycles. The van der Waals surface area contributed by atoms with E-state index in [4.69, 9.17) is 18.9 Å². The van der Waals surface area contributed by atoms with Crippen molar-refractivity contribution < 1.29 is 58.5 Å². The van der Waals surface area contributed by atoms with Crippen LogP contribution in [-0.4, -0.2) is 92.2 Å². The van der Waals surface area contributed by atoms with E-state index in [1.165, 1.54) is 24.0 Å². The van der Waals surface area contributed by atoms with E-state index in [9.17, 15) is 13.2 Å². The topological polar surface area (TPSA) is 137 Å². The molecule has 1 amide bonds. The fourth-order valence-corrected chi connectivity index (χ4v) is 8.23. The Bertz CT molecular complexity index is 2650. The van der Waals surface area contributed by atoms with Crippen LogP contribution in [0.25, 0.3) is 22.2 Å². The molecule has 0 radical (unpaired) electrons. The lowest BCUT2D eigenvalue weighted by Gasteiger charge is -2.43. The van der Waals surface area contributed by atoms with Gasteiger partial charge in [0.25, 0.3) is 0 Å². The van der Waals surface area contributed by atoms with Crippen LogP contribution in [0.3, 0.4) is 0 Å². The van der Waals surface area contributed by atoms with Crippen LogP contribution in [0.4, 0.5) is 42.6 Å². The summed E-state index contributed by atoms with van der Waals surface area (Å²) in [4.78, 5) is 29.8. The largest absolute Gasteiger partial charge is 0.497 e. The molecule has 0 spiro atoms. The van der Waals surface area contributed by atoms with Gasteiger partial charge in [-0.3, -0.25) is 0 Å². The van der Waals surface area contributed by atoms with Crippen LogP contribution < -0.4 is 24.0 Å². The molecule has 5 aromatic rings. The van der Waals surface area contributed by atoms with Crippen LogP contribution in [0.15, 0.2) is 53.7 Å². The molecule has 2 aliphatic heterocycles. The predicted molar refractivity (Wildman–Crippen MR) is 220 cm³/mol. The summed E-state index contributed by atoms with van der Waals surface area (Å²) in [7, 11) is -1.45. The van der Waals surface area contributed by atoms with Crippen molar-refractivity contribution in [3.05, 3.63) is 88.2 Å². The van der Waals surface area contributed by atoms with E-state index in [0.29, 0.717) is 22.6 Å². The van der Waals surface area contributed by atoms with Gasteiger partial charge in [-0.1, -0.05) is 24.3 Å². The standard InChI is InChI=1S/C43H44F6N6O7S/c1-22-31(43(47,48)49)29(33(45)37(32(22)44)54(19-24-9-13-26(59-6)14-10-24)20-25-11-15-27(60-7)16-12-25)35-34(46)36-30-38(52-40(51-36)63(8,57)58)55-18-17-53(41(56)62-42(3,4)5)21-28(55)23(2)61-39(30)50-35/h9-16,23,28H,17-21H2,1-8H3/t23-,28-/m0/s1. The van der Waals surface area contributed by atoms with Crippen molar-refractivity contribution in [1.29, 1.82) is 0 Å². The van der Waals surface area contributed by atoms with Gasteiger partial charge in [0, 0.05) is 39.0 Å². The molecule has 2 aliphatic rings. The second-order valence-electron chi connectivity index (χ2n) is 16.3. The molecular weight excluding hydrogens is 859 g/mol. The average molecular weight is 903 g/mol. The van der Waals surface area contributed by atoms with Gasteiger partial charge >= 0.3 is 12.3 Å². The Morgan fingerprint density at radius 2 is 1.44 bits per heavy atom. The maximum Gasteiger partial charge on any atom is 0.417 e. The summed E-state index contributed by atoms with van der Waals surface area (Å²) < 4.78 is 146. The molecule has 0 saturated carbocycles. The molecule has 0 bridgehead atoms. The number of fused-ring (bicyclic) bond motifs is 2. The Hall–Kier alpha value is -6.05. The zero-order valence-corrected chi connectivity index (χ0v) is 36.3. The SMILES string of the molecule is COc1ccc(CN(Cc2ccc(OC)cc2)c2c(F)c(C)c(C(F)(F)F)c(-c3nc4c5c(nc(S(C)(=O)=O)nc5c3F)N3CCN(C(=O)OC(C)(C)C)C[C@H]3[C@H](C)O4)c2F)cc1. The summed E-state index contributed by atoms with van der Waals surface area (Å²) in [5.74, 6) is -4.82. The van der Waals surface area contributed by atoms with Crippen molar-refractivity contribution in [3.63, 3.8) is 0 Å². The van der Waals surface area contributed by atoms with Crippen LogP contribution >= 0.6 is 0 Å². The Morgan fingerprint density at radius 1 is 0.873 bits per heavy atom. The number of rotatable bonds is 9. The number of hydrogen-bond acceptors (Lipinski definition) is 12. The zero-order valence-electron chi connectivity index (χ0n) is 35.5. The van der Waals surface area contributed by atoms with Crippen LogP contribution in [-0.2, 0) is 33.8 Å². The highest BCUT2D eigenvalue weighted by Gasteiger charge is 2.45. The van der Waals surface area contributed by atoms with E-state index >= 15 is 26.3 Å². The highest BCUT2D eigenvalue weighted by Crippen LogP contribution is 2.49. The van der Waals surface area contributed by atoms with E-state index in [-0.39, 0.29) is 43.9 Å². The second kappa shape index (κ2) is 16.6. The first kappa shape index (κ1) is 45.0. The van der Waals surface area contributed by atoms with Crippen molar-refractivity contribution in [2.24, 2.45) is 0 Å². The van der Waals surface area contributed by atoms with Crippen molar-refractivity contribution >= 4 is 38.3 Å². The van der Waals surface area contributed by atoms with E-state index in [2.05, 4.69) is 15.0 Å². The highest BCUT2D eigenvalue weighted by molar-refractivity contribution is 7.90. The number of sulfone groups is 1. The van der Waals surface area contributed by atoms with Crippen molar-refractivity contribution in [2.75, 3.05) is 49.9 Å². The lowest BCUT2D eigenvalue weighted by molar-refractivity contribution is -0.137. The first-order valence-electron chi connectivity index (χ1n) is 19.6. The van der Waals surface area contributed by atoms with Gasteiger partial charge in [-0.05, 0) is 75.6 Å². The highest BCUT2D eigenvalue weighted by atomic mass is 32.2. The lowest BCUT2D eigenvalue weighted by atomic mass is 9.94. The molecular formula is C43H44F6N6O7S. The third-order valence-corrected chi connectivity index (χ3v) is 11.6. The maximum atomic E-state index is 17.6. The summed E-state index contributed by atoms with van der Waals surface area (Å²) in [5.41, 5.74) is -7.30. The van der Waals surface area contributed by atoms with E-state index in [1.54, 1.807) is 81.1 Å². The molecule has 0 aliphatic carbocycles. The number of nitrogens with zero attached hydrogens (tertiary/aromatic N) is 6. The zero-order chi connectivity index (χ0) is 45.9. The summed E-state index contributed by atoms with van der Waals surface area (Å²) in [6, 6.07) is 12.0. The quantitative estimate of drug-likeness (QED) is 0.104. The minimum atomic E-state index is -5.48. The number of aromatic nitrogens is 3. The smallest absolute Gasteiger partial charge is 0.417 e. The van der Waals surface area contributed by atoms with Gasteiger partial charge in [0.15, 0.2) is 17.5 Å². The molecule has 0 N–H and O–H groups in total. The summed E-state index contributed by atoms with van der Waals surface area (Å²) >= 11 is 0. The normalized spacial score (nSPS) is 16.6. The van der Waals surface area contributed by atoms with Crippen LogP contribution in [0.2, 0.25) is 0 Å². The monoisotopic (exact) mass is 902 g/mol. The Balaban J connectivity index is 1.47. The number of halogens is 6. The first-order chi connectivity index (χ1) is 29.5. The predicted octanol–water partition coefficient (Wildman–Crippen LogP) is 8.27. The number of piperazine rings is 1. The third kappa shape index (κ3) is 8.81. The number of carbonyl (C=O) groups excluding carboxylic acids is 1. The molecule has 336 valence electrons. The van der Waals surface area contributed by atoms with Gasteiger partial charge in [-0.2, -0.15) is 13.2 Å². The fourth-order valence-electron chi connectivity index (χ4n) is 7.72. The summed E-state index contributed by atoms with van der Waals surface area (Å²) in [6.45, 7) is 6.90. The van der Waals surface area contributed by atoms with Crippen LogP contribution in [0, 0.1) is 24.4 Å². The lowest BCUT2D eigenvalue weighted by Crippen LogP contribution is -2.59. The minimum Gasteiger partial charge on any atom is -0.497 e. The summed E-state index contributed by atoms with van der Waals surface area (Å²) in [6.07, 6.45) is -6.37. The van der Waals surface area contributed by atoms with Crippen LogP contribution in [0.5, 0.6) is 17.4 Å². The van der Waals surface area contributed by atoms with Gasteiger partial charge in [0.1, 0.15) is 51.3 Å². The number of ether oxygens (including phenoxy) is 4. The molecule has 1 fully saturated rings. The average Bonchev–Trinajstić information content (AvgIpc) is 3.33. The number of anilines is 2. The number of amides is 1. The molecule has 2 aromatic heterocycles. The number of pyridine rings is 1. The first-order valence-corrected chi connectivity index (χ1v) is 21.5. The number of alkyl halides is 3. The van der Waals surface area contributed by atoms with Crippen molar-refractivity contribution in [3.8, 4) is 28.6 Å². The molecule has 63 heavy (non-hydrogen) atoms. The number of methoxy groups -OCH3 is 2. The Kier molecular flexibility index (Phi) is 11.8. The molecule has 0 unspecified atom stereocenters. The van der Waals surface area contributed by atoms with Crippen molar-refractivity contribution in [2.45, 2.75) is 76.8 Å². The minimum absolute atomic E-state index is 0.00132.